The molecule has 6 heteroatoms. The summed E-state index contributed by atoms with van der Waals surface area (Å²) in [5, 5.41) is 4.93. The van der Waals surface area contributed by atoms with Gasteiger partial charge in [-0.05, 0) is 26.3 Å². The van der Waals surface area contributed by atoms with Crippen molar-refractivity contribution in [2.45, 2.75) is 32.7 Å². The van der Waals surface area contributed by atoms with Gasteiger partial charge in [0.15, 0.2) is 0 Å². The van der Waals surface area contributed by atoms with Gasteiger partial charge in [0.2, 0.25) is 11.8 Å². The number of rotatable bonds is 6. The summed E-state index contributed by atoms with van der Waals surface area (Å²) >= 11 is 0. The third kappa shape index (κ3) is 6.03. The summed E-state index contributed by atoms with van der Waals surface area (Å²) in [6.45, 7) is 4.78. The number of allylic oxidation sites excluding steroid dienone is 1. The lowest BCUT2D eigenvalue weighted by atomic mass is 10.0. The molecule has 0 bridgehead atoms. The van der Waals surface area contributed by atoms with Crippen LogP contribution >= 0.6 is 0 Å². The molecule has 0 aromatic carbocycles. The van der Waals surface area contributed by atoms with E-state index in [1.165, 1.54) is 13.2 Å². The molecule has 2 amide bonds. The quantitative estimate of drug-likeness (QED) is 0.523. The zero-order chi connectivity index (χ0) is 14.2. The fourth-order valence-electron chi connectivity index (χ4n) is 1.08. The molecule has 0 saturated carbocycles. The minimum atomic E-state index is -1.09. The van der Waals surface area contributed by atoms with E-state index < -0.39 is 17.4 Å². The maximum absolute atomic E-state index is 11.7. The summed E-state index contributed by atoms with van der Waals surface area (Å²) in [5.41, 5.74) is -1.09. The van der Waals surface area contributed by atoms with Gasteiger partial charge in [0, 0.05) is 0 Å². The normalized spacial score (nSPS) is 11.1. The Bertz CT molecular complexity index is 348. The Morgan fingerprint density at radius 3 is 2.39 bits per heavy atom. The first kappa shape index (κ1) is 16.1. The van der Waals surface area contributed by atoms with E-state index in [1.807, 2.05) is 6.92 Å². The molecule has 0 aliphatic heterocycles. The Balaban J connectivity index is 4.34. The summed E-state index contributed by atoms with van der Waals surface area (Å²) in [7, 11) is 1.23. The third-order valence-electron chi connectivity index (χ3n) is 2.13. The summed E-state index contributed by atoms with van der Waals surface area (Å²) in [5.74, 6) is -1.35. The van der Waals surface area contributed by atoms with Crippen molar-refractivity contribution in [1.82, 2.24) is 10.6 Å². The number of methoxy groups -OCH3 is 1. The van der Waals surface area contributed by atoms with Crippen molar-refractivity contribution < 1.29 is 19.1 Å². The molecule has 0 unspecified atom stereocenters. The zero-order valence-electron chi connectivity index (χ0n) is 11.2. The smallest absolute Gasteiger partial charge is 0.325 e. The first-order chi connectivity index (χ1) is 8.33. The highest BCUT2D eigenvalue weighted by Crippen LogP contribution is 2.02. The molecule has 2 N–H and O–H groups in total. The molecule has 0 heterocycles. The van der Waals surface area contributed by atoms with E-state index in [-0.39, 0.29) is 12.5 Å². The first-order valence-corrected chi connectivity index (χ1v) is 5.67. The Morgan fingerprint density at radius 1 is 1.28 bits per heavy atom. The fourth-order valence-corrected chi connectivity index (χ4v) is 1.08. The monoisotopic (exact) mass is 256 g/mol. The molecular formula is C12H20N2O4. The van der Waals surface area contributed by atoms with Crippen molar-refractivity contribution in [2.75, 3.05) is 13.7 Å². The number of esters is 1. The van der Waals surface area contributed by atoms with E-state index >= 15 is 0 Å². The van der Waals surface area contributed by atoms with Crippen LogP contribution in [0.25, 0.3) is 0 Å². The highest BCUT2D eigenvalue weighted by Gasteiger charge is 2.28. The minimum Gasteiger partial charge on any atom is -0.468 e. The van der Waals surface area contributed by atoms with Crippen molar-refractivity contribution in [1.29, 1.82) is 0 Å². The Labute approximate surface area is 107 Å². The maximum atomic E-state index is 11.7. The average Bonchev–Trinajstić information content (AvgIpc) is 2.32. The average molecular weight is 256 g/mol. The van der Waals surface area contributed by atoms with Crippen molar-refractivity contribution >= 4 is 17.8 Å². The molecule has 0 rings (SSSR count). The molecule has 0 aliphatic carbocycles. The van der Waals surface area contributed by atoms with Gasteiger partial charge in [0.25, 0.3) is 0 Å². The maximum Gasteiger partial charge on any atom is 0.325 e. The van der Waals surface area contributed by atoms with E-state index in [4.69, 9.17) is 0 Å². The van der Waals surface area contributed by atoms with Crippen molar-refractivity contribution in [3.63, 3.8) is 0 Å². The van der Waals surface area contributed by atoms with Crippen molar-refractivity contribution in [3.8, 4) is 0 Å². The van der Waals surface area contributed by atoms with Crippen LogP contribution < -0.4 is 10.6 Å². The van der Waals surface area contributed by atoms with Gasteiger partial charge in [0.1, 0.15) is 12.1 Å². The molecule has 0 radical (unpaired) electrons. The molecule has 102 valence electrons. The summed E-state index contributed by atoms with van der Waals surface area (Å²) in [6, 6.07) is 0. The molecule has 6 nitrogen and oxygen atoms in total. The van der Waals surface area contributed by atoms with E-state index in [0.717, 1.165) is 6.42 Å². The lowest BCUT2D eigenvalue weighted by Gasteiger charge is -2.24. The van der Waals surface area contributed by atoms with Crippen LogP contribution in [0, 0.1) is 0 Å². The number of ether oxygens (including phenoxy) is 1. The van der Waals surface area contributed by atoms with Crippen molar-refractivity contribution in [2.24, 2.45) is 0 Å². The lowest BCUT2D eigenvalue weighted by molar-refractivity contribution is -0.141. The predicted molar refractivity (Wildman–Crippen MR) is 66.7 cm³/mol. The number of nitrogens with one attached hydrogen (secondary N) is 2. The molecule has 0 aromatic rings. The topological polar surface area (TPSA) is 84.5 Å². The molecular weight excluding hydrogens is 236 g/mol. The van der Waals surface area contributed by atoms with E-state index in [2.05, 4.69) is 15.4 Å². The second kappa shape index (κ2) is 7.47. The molecule has 0 aliphatic rings. The predicted octanol–water partition coefficient (Wildman–Crippen LogP) is 0.137. The second-order valence-corrected chi connectivity index (χ2v) is 4.18. The van der Waals surface area contributed by atoms with Crippen LogP contribution in [0.15, 0.2) is 12.2 Å². The van der Waals surface area contributed by atoms with Crippen LogP contribution in [0.2, 0.25) is 0 Å². The summed E-state index contributed by atoms with van der Waals surface area (Å²) in [4.78, 5) is 34.1. The number of carbonyl (C=O) groups excluding carboxylic acids is 3. The van der Waals surface area contributed by atoms with Gasteiger partial charge in [-0.2, -0.15) is 0 Å². The number of hydrogen-bond acceptors (Lipinski definition) is 4. The molecule has 0 spiro atoms. The van der Waals surface area contributed by atoms with E-state index in [9.17, 15) is 14.4 Å². The van der Waals surface area contributed by atoms with Crippen LogP contribution in [0.1, 0.15) is 27.2 Å². The van der Waals surface area contributed by atoms with Crippen LogP contribution in [0.4, 0.5) is 0 Å². The largest absolute Gasteiger partial charge is 0.468 e. The highest BCUT2D eigenvalue weighted by atomic mass is 16.5. The summed E-state index contributed by atoms with van der Waals surface area (Å²) in [6.07, 6.45) is 3.80. The van der Waals surface area contributed by atoms with Gasteiger partial charge in [-0.25, -0.2) is 0 Å². The second-order valence-electron chi connectivity index (χ2n) is 4.18. The van der Waals surface area contributed by atoms with Crippen LogP contribution in [-0.4, -0.2) is 37.0 Å². The van der Waals surface area contributed by atoms with Gasteiger partial charge < -0.3 is 15.4 Å². The highest BCUT2D eigenvalue weighted by molar-refractivity contribution is 5.95. The van der Waals surface area contributed by atoms with Crippen molar-refractivity contribution in [3.05, 3.63) is 12.2 Å². The van der Waals surface area contributed by atoms with Crippen LogP contribution in [0.5, 0.6) is 0 Å². The third-order valence-corrected chi connectivity index (χ3v) is 2.13. The van der Waals surface area contributed by atoms with E-state index in [1.54, 1.807) is 19.9 Å². The van der Waals surface area contributed by atoms with Gasteiger partial charge in [-0.15, -0.1) is 0 Å². The molecule has 18 heavy (non-hydrogen) atoms. The summed E-state index contributed by atoms with van der Waals surface area (Å²) < 4.78 is 4.40. The van der Waals surface area contributed by atoms with Crippen LogP contribution in [-0.2, 0) is 19.1 Å². The standard InChI is InChI=1S/C12H20N2O4/c1-5-6-7-9(15)14-12(2,3)11(17)13-8-10(16)18-4/h6-7H,5,8H2,1-4H3,(H,13,17)(H,14,15)/b7-6+. The van der Waals surface area contributed by atoms with Crippen LogP contribution in [0.3, 0.4) is 0 Å². The van der Waals surface area contributed by atoms with Gasteiger partial charge >= 0.3 is 5.97 Å². The SMILES string of the molecule is CC/C=C/C(=O)NC(C)(C)C(=O)NCC(=O)OC. The molecule has 0 saturated heterocycles. The fraction of sp³-hybridized carbons (Fsp3) is 0.583. The Morgan fingerprint density at radius 2 is 1.89 bits per heavy atom. The Kier molecular flexibility index (Phi) is 6.70. The molecule has 0 fully saturated rings. The lowest BCUT2D eigenvalue weighted by Crippen LogP contribution is -2.55. The zero-order valence-corrected chi connectivity index (χ0v) is 11.2. The number of hydrogen-bond donors (Lipinski definition) is 2. The van der Waals surface area contributed by atoms with Gasteiger partial charge in [-0.1, -0.05) is 13.0 Å². The molecule has 0 aromatic heterocycles. The number of carbonyl (C=O) groups is 3. The van der Waals surface area contributed by atoms with Gasteiger partial charge in [-0.3, -0.25) is 14.4 Å². The minimum absolute atomic E-state index is 0.223. The first-order valence-electron chi connectivity index (χ1n) is 5.67. The number of amides is 2. The van der Waals surface area contributed by atoms with Gasteiger partial charge in [0.05, 0.1) is 7.11 Å². The molecule has 0 atom stereocenters. The van der Waals surface area contributed by atoms with E-state index in [0.29, 0.717) is 0 Å². The Hall–Kier alpha value is -1.85.